The van der Waals surface area contributed by atoms with Gasteiger partial charge in [-0.2, -0.15) is 5.10 Å². The van der Waals surface area contributed by atoms with E-state index in [0.29, 0.717) is 12.2 Å². The number of anilines is 1. The number of hydrogen-bond donors (Lipinski definition) is 1. The van der Waals surface area contributed by atoms with Crippen molar-refractivity contribution in [1.82, 2.24) is 14.8 Å². The van der Waals surface area contributed by atoms with Crippen LogP contribution in [0.4, 0.5) is 14.5 Å². The zero-order valence-electron chi connectivity index (χ0n) is 9.92. The Morgan fingerprint density at radius 1 is 1.28 bits per heavy atom. The monoisotopic (exact) mass is 252 g/mol. The highest BCUT2D eigenvalue weighted by molar-refractivity contribution is 5.45. The molecule has 0 saturated carbocycles. The molecule has 96 valence electrons. The summed E-state index contributed by atoms with van der Waals surface area (Å²) in [5.74, 6) is 0. The molecule has 0 radical (unpaired) electrons. The summed E-state index contributed by atoms with van der Waals surface area (Å²) in [4.78, 5) is 3.85. The predicted octanol–water partition coefficient (Wildman–Crippen LogP) is 2.39. The van der Waals surface area contributed by atoms with Crippen molar-refractivity contribution in [3.8, 4) is 0 Å². The van der Waals surface area contributed by atoms with Crippen molar-refractivity contribution in [2.75, 3.05) is 5.32 Å². The van der Waals surface area contributed by atoms with E-state index in [2.05, 4.69) is 15.4 Å². The third-order valence-corrected chi connectivity index (χ3v) is 2.54. The van der Waals surface area contributed by atoms with Crippen LogP contribution in [0.5, 0.6) is 0 Å². The number of aromatic nitrogens is 3. The third-order valence-electron chi connectivity index (χ3n) is 2.54. The van der Waals surface area contributed by atoms with Crippen LogP contribution < -0.4 is 5.32 Å². The molecule has 1 aromatic heterocycles. The number of nitrogens with zero attached hydrogens (tertiary/aromatic N) is 3. The molecule has 1 heterocycles. The highest BCUT2D eigenvalue weighted by Gasteiger charge is 2.13. The van der Waals surface area contributed by atoms with E-state index >= 15 is 0 Å². The van der Waals surface area contributed by atoms with Crippen LogP contribution in [0.15, 0.2) is 36.9 Å². The van der Waals surface area contributed by atoms with E-state index in [1.54, 1.807) is 23.1 Å². The molecule has 0 aliphatic heterocycles. The summed E-state index contributed by atoms with van der Waals surface area (Å²) in [6.45, 7) is 2.07. The molecular weight excluding hydrogens is 238 g/mol. The maximum absolute atomic E-state index is 12.4. The second kappa shape index (κ2) is 5.57. The van der Waals surface area contributed by atoms with E-state index in [9.17, 15) is 8.78 Å². The molecule has 6 heteroatoms. The summed E-state index contributed by atoms with van der Waals surface area (Å²) in [5.41, 5.74) is 1.72. The van der Waals surface area contributed by atoms with Crippen molar-refractivity contribution in [1.29, 1.82) is 0 Å². The lowest BCUT2D eigenvalue weighted by Gasteiger charge is -2.14. The van der Waals surface area contributed by atoms with Gasteiger partial charge in [0.25, 0.3) is 6.43 Å². The topological polar surface area (TPSA) is 42.7 Å². The minimum Gasteiger partial charge on any atom is -0.377 e. The standard InChI is InChI=1S/C12H14F2N4/c1-9(12(13)14)17-11-4-2-10(3-5-11)6-18-8-15-7-16-18/h2-5,7-9,12,17H,6H2,1H3. The van der Waals surface area contributed by atoms with Crippen LogP contribution in [0.1, 0.15) is 12.5 Å². The van der Waals surface area contributed by atoms with Gasteiger partial charge in [0, 0.05) is 5.69 Å². The molecule has 1 N–H and O–H groups in total. The first-order valence-electron chi connectivity index (χ1n) is 5.61. The molecule has 1 aromatic carbocycles. The Kier molecular flexibility index (Phi) is 3.86. The average Bonchev–Trinajstić information content (AvgIpc) is 2.84. The van der Waals surface area contributed by atoms with E-state index < -0.39 is 12.5 Å². The predicted molar refractivity (Wildman–Crippen MR) is 64.7 cm³/mol. The quantitative estimate of drug-likeness (QED) is 0.888. The van der Waals surface area contributed by atoms with Crippen LogP contribution in [0.3, 0.4) is 0 Å². The van der Waals surface area contributed by atoms with Crippen molar-refractivity contribution >= 4 is 5.69 Å². The summed E-state index contributed by atoms with van der Waals surface area (Å²) in [5, 5.41) is 6.74. The van der Waals surface area contributed by atoms with Gasteiger partial charge in [-0.25, -0.2) is 18.4 Å². The number of benzene rings is 1. The van der Waals surface area contributed by atoms with Gasteiger partial charge in [0.05, 0.1) is 12.6 Å². The number of nitrogens with one attached hydrogen (secondary N) is 1. The lowest BCUT2D eigenvalue weighted by atomic mass is 10.2. The van der Waals surface area contributed by atoms with Crippen LogP contribution >= 0.6 is 0 Å². The fourth-order valence-electron chi connectivity index (χ4n) is 1.53. The molecule has 18 heavy (non-hydrogen) atoms. The van der Waals surface area contributed by atoms with Crippen LogP contribution in [-0.2, 0) is 6.54 Å². The molecule has 1 atom stereocenters. The normalized spacial score (nSPS) is 12.7. The van der Waals surface area contributed by atoms with Gasteiger partial charge in [-0.3, -0.25) is 0 Å². The lowest BCUT2D eigenvalue weighted by molar-refractivity contribution is 0.131. The maximum atomic E-state index is 12.4. The molecule has 0 spiro atoms. The van der Waals surface area contributed by atoms with Gasteiger partial charge in [0.15, 0.2) is 0 Å². The Labute approximate surface area is 104 Å². The van der Waals surface area contributed by atoms with E-state index in [4.69, 9.17) is 0 Å². The number of alkyl halides is 2. The molecule has 0 saturated heterocycles. The van der Waals surface area contributed by atoms with E-state index in [-0.39, 0.29) is 0 Å². The Hall–Kier alpha value is -1.98. The zero-order chi connectivity index (χ0) is 13.0. The van der Waals surface area contributed by atoms with Gasteiger partial charge >= 0.3 is 0 Å². The van der Waals surface area contributed by atoms with E-state index in [0.717, 1.165) is 5.56 Å². The van der Waals surface area contributed by atoms with E-state index in [1.165, 1.54) is 13.3 Å². The maximum Gasteiger partial charge on any atom is 0.258 e. The Morgan fingerprint density at radius 3 is 2.56 bits per heavy atom. The van der Waals surface area contributed by atoms with Crippen LogP contribution in [0.25, 0.3) is 0 Å². The van der Waals surface area contributed by atoms with Crippen LogP contribution in [0.2, 0.25) is 0 Å². The van der Waals surface area contributed by atoms with Crippen molar-refractivity contribution < 1.29 is 8.78 Å². The van der Waals surface area contributed by atoms with Crippen molar-refractivity contribution in [2.24, 2.45) is 0 Å². The summed E-state index contributed by atoms with van der Waals surface area (Å²) < 4.78 is 26.4. The first kappa shape index (κ1) is 12.5. The first-order valence-corrected chi connectivity index (χ1v) is 5.61. The molecule has 4 nitrogen and oxygen atoms in total. The van der Waals surface area contributed by atoms with Gasteiger partial charge in [0.2, 0.25) is 0 Å². The fraction of sp³-hybridized carbons (Fsp3) is 0.333. The molecule has 1 unspecified atom stereocenters. The summed E-state index contributed by atoms with van der Waals surface area (Å²) >= 11 is 0. The van der Waals surface area contributed by atoms with Gasteiger partial charge in [-0.1, -0.05) is 12.1 Å². The molecule has 2 aromatic rings. The smallest absolute Gasteiger partial charge is 0.258 e. The molecule has 2 rings (SSSR count). The zero-order valence-corrected chi connectivity index (χ0v) is 9.92. The Balaban J connectivity index is 1.97. The SMILES string of the molecule is CC(Nc1ccc(Cn2cncn2)cc1)C(F)F. The summed E-state index contributed by atoms with van der Waals surface area (Å²) in [6, 6.07) is 6.46. The lowest BCUT2D eigenvalue weighted by Crippen LogP contribution is -2.23. The Bertz CT molecular complexity index is 467. The van der Waals surface area contributed by atoms with Gasteiger partial charge in [0.1, 0.15) is 12.7 Å². The molecule has 0 aliphatic rings. The fourth-order valence-corrected chi connectivity index (χ4v) is 1.53. The second-order valence-electron chi connectivity index (χ2n) is 4.06. The van der Waals surface area contributed by atoms with E-state index in [1.807, 2.05) is 12.1 Å². The van der Waals surface area contributed by atoms with Crippen molar-refractivity contribution in [3.05, 3.63) is 42.5 Å². The number of hydrogen-bond acceptors (Lipinski definition) is 3. The van der Waals surface area contributed by atoms with Gasteiger partial charge < -0.3 is 5.32 Å². The highest BCUT2D eigenvalue weighted by atomic mass is 19.3. The first-order chi connectivity index (χ1) is 8.65. The van der Waals surface area contributed by atoms with Crippen LogP contribution in [0, 0.1) is 0 Å². The molecule has 0 amide bonds. The largest absolute Gasteiger partial charge is 0.377 e. The molecule has 0 aliphatic carbocycles. The van der Waals surface area contributed by atoms with Crippen molar-refractivity contribution in [3.63, 3.8) is 0 Å². The van der Waals surface area contributed by atoms with Crippen LogP contribution in [-0.4, -0.2) is 27.2 Å². The highest BCUT2D eigenvalue weighted by Crippen LogP contribution is 2.13. The minimum absolute atomic E-state index is 0.616. The average molecular weight is 252 g/mol. The summed E-state index contributed by atoms with van der Waals surface area (Å²) in [7, 11) is 0. The molecule has 0 bridgehead atoms. The number of halogens is 2. The summed E-state index contributed by atoms with van der Waals surface area (Å²) in [6.07, 6.45) is 0.727. The minimum atomic E-state index is -2.38. The number of rotatable bonds is 5. The van der Waals surface area contributed by atoms with Crippen molar-refractivity contribution in [2.45, 2.75) is 25.9 Å². The van der Waals surface area contributed by atoms with Gasteiger partial charge in [-0.05, 0) is 24.6 Å². The molecular formula is C12H14F2N4. The van der Waals surface area contributed by atoms with Gasteiger partial charge in [-0.15, -0.1) is 0 Å². The Morgan fingerprint density at radius 2 is 2.00 bits per heavy atom. The second-order valence-corrected chi connectivity index (χ2v) is 4.06. The molecule has 0 fully saturated rings. The third kappa shape index (κ3) is 3.26.